The topological polar surface area (TPSA) is 93.2 Å². The van der Waals surface area contributed by atoms with E-state index in [1.807, 2.05) is 6.92 Å². The van der Waals surface area contributed by atoms with Crippen LogP contribution in [0.3, 0.4) is 0 Å². The molecule has 0 aromatic carbocycles. The summed E-state index contributed by atoms with van der Waals surface area (Å²) >= 11 is 0. The second kappa shape index (κ2) is 7.51. The molecule has 1 fully saturated rings. The number of hydrogen-bond acceptors (Lipinski definition) is 6. The maximum absolute atomic E-state index is 12.6. The molecule has 0 bridgehead atoms. The lowest BCUT2D eigenvalue weighted by molar-refractivity contribution is -0.138. The smallest absolute Gasteiger partial charge is 0.337 e. The molecule has 146 valence electrons. The fourth-order valence-electron chi connectivity index (χ4n) is 2.77. The number of hydrogen-bond donors (Lipinski definition) is 1. The molecule has 2 aromatic heterocycles. The molecule has 0 saturated carbocycles. The van der Waals surface area contributed by atoms with E-state index < -0.39 is 11.7 Å². The molecule has 1 amide bonds. The highest BCUT2D eigenvalue weighted by atomic mass is 19.4. The van der Waals surface area contributed by atoms with E-state index in [2.05, 4.69) is 15.1 Å². The van der Waals surface area contributed by atoms with Gasteiger partial charge in [-0.05, 0) is 13.0 Å². The molecule has 0 radical (unpaired) electrons. The number of rotatable bonds is 4. The molecule has 1 saturated heterocycles. The van der Waals surface area contributed by atoms with Crippen LogP contribution in [0.2, 0.25) is 0 Å². The van der Waals surface area contributed by atoms with E-state index in [-0.39, 0.29) is 17.9 Å². The minimum Gasteiger partial charge on any atom is -0.337 e. The van der Waals surface area contributed by atoms with Gasteiger partial charge in [0.15, 0.2) is 0 Å². The maximum atomic E-state index is 12.6. The minimum atomic E-state index is -4.46. The molecule has 0 spiro atoms. The van der Waals surface area contributed by atoms with Crippen LogP contribution in [-0.4, -0.2) is 62.8 Å². The number of nitrogens with two attached hydrogens (primary N) is 1. The van der Waals surface area contributed by atoms with E-state index in [9.17, 15) is 18.0 Å². The lowest BCUT2D eigenvalue weighted by Gasteiger charge is -2.34. The number of amides is 1. The Balaban J connectivity index is 1.58. The summed E-state index contributed by atoms with van der Waals surface area (Å²) < 4.78 is 39.4. The van der Waals surface area contributed by atoms with E-state index in [1.165, 1.54) is 0 Å². The molecule has 2 aromatic rings. The molecular weight excluding hydrogens is 363 g/mol. The molecule has 3 rings (SSSR count). The van der Waals surface area contributed by atoms with E-state index in [0.29, 0.717) is 38.4 Å². The van der Waals surface area contributed by atoms with Gasteiger partial charge >= 0.3 is 6.18 Å². The van der Waals surface area contributed by atoms with Crippen LogP contribution in [0.15, 0.2) is 24.7 Å². The highest BCUT2D eigenvalue weighted by Gasteiger charge is 2.32. The van der Waals surface area contributed by atoms with E-state index in [4.69, 9.17) is 5.73 Å². The van der Waals surface area contributed by atoms with Gasteiger partial charge < -0.3 is 15.5 Å². The summed E-state index contributed by atoms with van der Waals surface area (Å²) in [6.45, 7) is 4.04. The summed E-state index contributed by atoms with van der Waals surface area (Å²) in [7, 11) is 0. The molecule has 27 heavy (non-hydrogen) atoms. The van der Waals surface area contributed by atoms with Crippen molar-refractivity contribution in [1.82, 2.24) is 24.6 Å². The third-order valence-corrected chi connectivity index (χ3v) is 4.15. The Morgan fingerprint density at radius 3 is 2.41 bits per heavy atom. The third-order valence-electron chi connectivity index (χ3n) is 4.15. The molecule has 3 heterocycles. The first-order chi connectivity index (χ1) is 12.7. The van der Waals surface area contributed by atoms with Crippen molar-refractivity contribution in [2.24, 2.45) is 5.73 Å². The summed E-state index contributed by atoms with van der Waals surface area (Å²) in [5.41, 5.74) is 5.18. The fourth-order valence-corrected chi connectivity index (χ4v) is 2.77. The molecule has 0 aliphatic carbocycles. The zero-order chi connectivity index (χ0) is 19.6. The molecule has 8 nitrogen and oxygen atoms in total. The first kappa shape index (κ1) is 19.1. The van der Waals surface area contributed by atoms with Crippen LogP contribution in [0.1, 0.15) is 23.0 Å². The zero-order valence-electron chi connectivity index (χ0n) is 14.7. The van der Waals surface area contributed by atoms with Crippen molar-refractivity contribution in [2.75, 3.05) is 31.1 Å². The van der Waals surface area contributed by atoms with Crippen molar-refractivity contribution in [3.63, 3.8) is 0 Å². The van der Waals surface area contributed by atoms with Gasteiger partial charge in [0, 0.05) is 50.8 Å². The van der Waals surface area contributed by atoms with Gasteiger partial charge in [0.25, 0.3) is 5.91 Å². The van der Waals surface area contributed by atoms with Gasteiger partial charge in [-0.15, -0.1) is 0 Å². The fraction of sp³-hybridized carbons (Fsp3) is 0.500. The average Bonchev–Trinajstić information content (AvgIpc) is 3.08. The Kier molecular flexibility index (Phi) is 5.31. The predicted molar refractivity (Wildman–Crippen MR) is 91.0 cm³/mol. The second-order valence-electron chi connectivity index (χ2n) is 6.45. The van der Waals surface area contributed by atoms with E-state index >= 15 is 0 Å². The monoisotopic (exact) mass is 383 g/mol. The van der Waals surface area contributed by atoms with Crippen LogP contribution in [0, 0.1) is 0 Å². The van der Waals surface area contributed by atoms with Gasteiger partial charge in [0.1, 0.15) is 5.69 Å². The SMILES string of the molecule is C[C@H](N)Cn1ccc(C(=O)N2CCN(c3ncc(C(F)(F)F)cn3)CC2)n1. The number of nitrogens with zero attached hydrogens (tertiary/aromatic N) is 6. The number of aromatic nitrogens is 4. The highest BCUT2D eigenvalue weighted by molar-refractivity contribution is 5.92. The van der Waals surface area contributed by atoms with E-state index in [0.717, 1.165) is 12.4 Å². The first-order valence-corrected chi connectivity index (χ1v) is 8.46. The number of carbonyl (C=O) groups is 1. The Hall–Kier alpha value is -2.69. The van der Waals surface area contributed by atoms with Crippen LogP contribution >= 0.6 is 0 Å². The largest absolute Gasteiger partial charge is 0.419 e. The van der Waals surface area contributed by atoms with Crippen molar-refractivity contribution in [2.45, 2.75) is 25.7 Å². The van der Waals surface area contributed by atoms with Crippen molar-refractivity contribution in [3.8, 4) is 0 Å². The Bertz CT molecular complexity index is 780. The molecule has 11 heteroatoms. The lowest BCUT2D eigenvalue weighted by Crippen LogP contribution is -2.49. The summed E-state index contributed by atoms with van der Waals surface area (Å²) in [4.78, 5) is 23.5. The summed E-state index contributed by atoms with van der Waals surface area (Å²) in [6.07, 6.45) is -1.21. The number of carbonyl (C=O) groups excluding carboxylic acids is 1. The molecule has 1 aliphatic heterocycles. The molecule has 2 N–H and O–H groups in total. The van der Waals surface area contributed by atoms with Gasteiger partial charge in [-0.25, -0.2) is 9.97 Å². The number of alkyl halides is 3. The Morgan fingerprint density at radius 2 is 1.85 bits per heavy atom. The van der Waals surface area contributed by atoms with Crippen molar-refractivity contribution in [3.05, 3.63) is 35.9 Å². The zero-order valence-corrected chi connectivity index (χ0v) is 14.7. The number of piperazine rings is 1. The summed E-state index contributed by atoms with van der Waals surface area (Å²) in [5, 5.41) is 4.24. The molecule has 0 unspecified atom stereocenters. The van der Waals surface area contributed by atoms with Gasteiger partial charge in [0.2, 0.25) is 5.95 Å². The molecule has 1 aliphatic rings. The van der Waals surface area contributed by atoms with Crippen LogP contribution in [0.4, 0.5) is 19.1 Å². The van der Waals surface area contributed by atoms with E-state index in [1.54, 1.807) is 26.7 Å². The standard InChI is InChI=1S/C16H20F3N7O/c1-11(20)10-26-3-2-13(23-26)14(27)24-4-6-25(7-5-24)15-21-8-12(9-22-15)16(17,18)19/h2-3,8-9,11H,4-7,10,20H2,1H3/t11-/m0/s1. The summed E-state index contributed by atoms with van der Waals surface area (Å²) in [5.74, 6) is 0.0303. The Labute approximate surface area is 153 Å². The summed E-state index contributed by atoms with van der Waals surface area (Å²) in [6, 6.07) is 1.58. The first-order valence-electron chi connectivity index (χ1n) is 8.46. The minimum absolute atomic E-state index is 0.0693. The third kappa shape index (κ3) is 4.54. The number of anilines is 1. The van der Waals surface area contributed by atoms with Gasteiger partial charge in [-0.2, -0.15) is 18.3 Å². The van der Waals surface area contributed by atoms with Crippen LogP contribution in [0.25, 0.3) is 0 Å². The molecular formula is C16H20F3N7O. The van der Waals surface area contributed by atoms with Crippen LogP contribution in [0.5, 0.6) is 0 Å². The van der Waals surface area contributed by atoms with Crippen molar-refractivity contribution < 1.29 is 18.0 Å². The number of halogens is 3. The quantitative estimate of drug-likeness (QED) is 0.847. The van der Waals surface area contributed by atoms with Crippen molar-refractivity contribution in [1.29, 1.82) is 0 Å². The highest BCUT2D eigenvalue weighted by Crippen LogP contribution is 2.28. The second-order valence-corrected chi connectivity index (χ2v) is 6.45. The normalized spacial score (nSPS) is 16.5. The van der Waals surface area contributed by atoms with Crippen molar-refractivity contribution >= 4 is 11.9 Å². The van der Waals surface area contributed by atoms with Crippen LogP contribution < -0.4 is 10.6 Å². The molecule has 1 atom stereocenters. The maximum Gasteiger partial charge on any atom is 0.419 e. The predicted octanol–water partition coefficient (Wildman–Crippen LogP) is 1.00. The van der Waals surface area contributed by atoms with Crippen LogP contribution in [-0.2, 0) is 12.7 Å². The average molecular weight is 383 g/mol. The Morgan fingerprint density at radius 1 is 1.22 bits per heavy atom. The van der Waals surface area contributed by atoms with Gasteiger partial charge in [0.05, 0.1) is 12.1 Å². The van der Waals surface area contributed by atoms with Gasteiger partial charge in [-0.1, -0.05) is 0 Å². The lowest BCUT2D eigenvalue weighted by atomic mass is 10.3. The van der Waals surface area contributed by atoms with Gasteiger partial charge in [-0.3, -0.25) is 9.48 Å².